The number of carbonyl (C=O) groups is 2. The molecule has 10 nitrogen and oxygen atoms in total. The molecule has 27 heavy (non-hydrogen) atoms. The predicted molar refractivity (Wildman–Crippen MR) is 96.2 cm³/mol. The fraction of sp³-hybridized carbons (Fsp3) is 0.500. The van der Waals surface area contributed by atoms with Crippen LogP contribution in [-0.2, 0) is 24.3 Å². The Morgan fingerprint density at radius 1 is 1.26 bits per heavy atom. The van der Waals surface area contributed by atoms with Crippen molar-refractivity contribution in [1.29, 1.82) is 0 Å². The zero-order valence-corrected chi connectivity index (χ0v) is 16.0. The van der Waals surface area contributed by atoms with Crippen LogP contribution in [0.15, 0.2) is 23.1 Å². The van der Waals surface area contributed by atoms with Gasteiger partial charge in [-0.25, -0.2) is 13.2 Å². The van der Waals surface area contributed by atoms with Gasteiger partial charge in [-0.1, -0.05) is 0 Å². The fourth-order valence-corrected chi connectivity index (χ4v) is 3.85. The molecule has 2 amide bonds. The summed E-state index contributed by atoms with van der Waals surface area (Å²) in [6, 6.07) is 3.48. The Kier molecular flexibility index (Phi) is 7.39. The van der Waals surface area contributed by atoms with Crippen molar-refractivity contribution in [2.45, 2.75) is 11.8 Å². The summed E-state index contributed by atoms with van der Waals surface area (Å²) in [4.78, 5) is 23.3. The van der Waals surface area contributed by atoms with Crippen LogP contribution in [0.1, 0.15) is 6.92 Å². The summed E-state index contributed by atoms with van der Waals surface area (Å²) in [6.07, 6.45) is 0. The molecule has 1 aliphatic rings. The minimum atomic E-state index is -3.73. The van der Waals surface area contributed by atoms with Gasteiger partial charge in [-0.15, -0.1) is 0 Å². The zero-order chi connectivity index (χ0) is 19.9. The molecule has 0 unspecified atom stereocenters. The second-order valence-corrected chi connectivity index (χ2v) is 7.43. The third-order valence-corrected chi connectivity index (χ3v) is 5.62. The van der Waals surface area contributed by atoms with Gasteiger partial charge >= 0.3 is 12.0 Å². The summed E-state index contributed by atoms with van der Waals surface area (Å²) < 4.78 is 41.9. The summed E-state index contributed by atoms with van der Waals surface area (Å²) in [5.41, 5.74) is 0.160. The number of nitrogens with one attached hydrogen (secondary N) is 2. The Bertz CT molecular complexity index is 776. The highest BCUT2D eigenvalue weighted by atomic mass is 32.2. The highest BCUT2D eigenvalue weighted by molar-refractivity contribution is 7.89. The van der Waals surface area contributed by atoms with Crippen molar-refractivity contribution < 1.29 is 32.2 Å². The summed E-state index contributed by atoms with van der Waals surface area (Å²) in [6.45, 7) is 2.73. The minimum absolute atomic E-state index is 0.0193. The van der Waals surface area contributed by atoms with Crippen molar-refractivity contribution in [3.63, 3.8) is 0 Å². The van der Waals surface area contributed by atoms with E-state index >= 15 is 0 Å². The highest BCUT2D eigenvalue weighted by Crippen LogP contribution is 2.29. The molecule has 0 bridgehead atoms. The van der Waals surface area contributed by atoms with E-state index in [1.54, 1.807) is 6.92 Å². The van der Waals surface area contributed by atoms with Crippen molar-refractivity contribution in [3.05, 3.63) is 18.2 Å². The van der Waals surface area contributed by atoms with Gasteiger partial charge in [-0.2, -0.15) is 4.31 Å². The van der Waals surface area contributed by atoms with E-state index in [1.165, 1.54) is 29.6 Å². The van der Waals surface area contributed by atoms with Gasteiger partial charge in [-0.05, 0) is 25.1 Å². The van der Waals surface area contributed by atoms with Gasteiger partial charge in [0.25, 0.3) is 0 Å². The molecular weight excluding hydrogens is 378 g/mol. The van der Waals surface area contributed by atoms with Crippen LogP contribution in [0.2, 0.25) is 0 Å². The molecule has 0 saturated carbocycles. The first-order valence-corrected chi connectivity index (χ1v) is 9.79. The Morgan fingerprint density at radius 2 is 1.96 bits per heavy atom. The lowest BCUT2D eigenvalue weighted by Crippen LogP contribution is -2.40. The van der Waals surface area contributed by atoms with E-state index in [0.29, 0.717) is 13.2 Å². The van der Waals surface area contributed by atoms with E-state index in [4.69, 9.17) is 14.2 Å². The number of sulfonamides is 1. The number of amides is 2. The molecule has 1 aromatic rings. The van der Waals surface area contributed by atoms with Crippen LogP contribution < -0.4 is 15.4 Å². The maximum Gasteiger partial charge on any atom is 0.325 e. The monoisotopic (exact) mass is 401 g/mol. The first-order valence-electron chi connectivity index (χ1n) is 8.35. The van der Waals surface area contributed by atoms with Crippen molar-refractivity contribution in [2.75, 3.05) is 51.9 Å². The Labute approximate surface area is 157 Å². The first-order chi connectivity index (χ1) is 12.9. The van der Waals surface area contributed by atoms with E-state index in [1.807, 2.05) is 0 Å². The molecule has 150 valence electrons. The van der Waals surface area contributed by atoms with Crippen molar-refractivity contribution in [1.82, 2.24) is 9.62 Å². The van der Waals surface area contributed by atoms with Crippen LogP contribution in [0, 0.1) is 0 Å². The van der Waals surface area contributed by atoms with E-state index in [0.717, 1.165) is 0 Å². The van der Waals surface area contributed by atoms with Crippen LogP contribution in [0.5, 0.6) is 5.75 Å². The second-order valence-electron chi connectivity index (χ2n) is 5.49. The number of hydrogen-bond acceptors (Lipinski definition) is 7. The average molecular weight is 401 g/mol. The standard InChI is InChI=1S/C16H23N3O7S/c1-3-26-15(20)11-17-16(21)18-13-10-12(4-5-14(13)24-2)27(22,23)19-6-8-25-9-7-19/h4-5,10H,3,6-9,11H2,1-2H3,(H2,17,18,21). The molecule has 1 aliphatic heterocycles. The quantitative estimate of drug-likeness (QED) is 0.634. The largest absolute Gasteiger partial charge is 0.495 e. The highest BCUT2D eigenvalue weighted by Gasteiger charge is 2.27. The van der Waals surface area contributed by atoms with Gasteiger partial charge < -0.3 is 24.8 Å². The molecule has 0 spiro atoms. The third kappa shape index (κ3) is 5.55. The lowest BCUT2D eigenvalue weighted by atomic mass is 10.3. The lowest BCUT2D eigenvalue weighted by molar-refractivity contribution is -0.141. The SMILES string of the molecule is CCOC(=O)CNC(=O)Nc1cc(S(=O)(=O)N2CCOCC2)ccc1OC. The van der Waals surface area contributed by atoms with E-state index in [-0.39, 0.29) is 42.6 Å². The van der Waals surface area contributed by atoms with Gasteiger partial charge in [0.2, 0.25) is 10.0 Å². The number of esters is 1. The van der Waals surface area contributed by atoms with Gasteiger partial charge in [0.05, 0.1) is 37.5 Å². The number of methoxy groups -OCH3 is 1. The molecule has 1 heterocycles. The summed E-state index contributed by atoms with van der Waals surface area (Å²) in [7, 11) is -2.33. The topological polar surface area (TPSA) is 123 Å². The average Bonchev–Trinajstić information content (AvgIpc) is 2.67. The normalized spacial score (nSPS) is 15.0. The van der Waals surface area contributed by atoms with Crippen LogP contribution in [-0.4, -0.2) is 71.3 Å². The molecular formula is C16H23N3O7S. The fourth-order valence-electron chi connectivity index (χ4n) is 2.41. The zero-order valence-electron chi connectivity index (χ0n) is 15.2. The summed E-state index contributed by atoms with van der Waals surface area (Å²) >= 11 is 0. The number of hydrogen-bond donors (Lipinski definition) is 2. The van der Waals surface area contributed by atoms with E-state index in [2.05, 4.69) is 10.6 Å². The molecule has 1 aromatic carbocycles. The molecule has 0 atom stereocenters. The number of urea groups is 1. The van der Waals surface area contributed by atoms with Gasteiger partial charge in [-0.3, -0.25) is 4.79 Å². The number of morpholine rings is 1. The van der Waals surface area contributed by atoms with Crippen molar-refractivity contribution >= 4 is 27.7 Å². The molecule has 11 heteroatoms. The summed E-state index contributed by atoms with van der Waals surface area (Å²) in [5.74, 6) is -0.300. The Balaban J connectivity index is 2.14. The number of carbonyl (C=O) groups excluding carboxylic acids is 2. The number of rotatable bonds is 7. The molecule has 1 fully saturated rings. The molecule has 2 rings (SSSR count). The maximum atomic E-state index is 12.8. The molecule has 2 N–H and O–H groups in total. The Morgan fingerprint density at radius 3 is 2.59 bits per heavy atom. The van der Waals surface area contributed by atoms with Crippen molar-refractivity contribution in [3.8, 4) is 5.75 Å². The molecule has 1 saturated heterocycles. The number of anilines is 1. The van der Waals surface area contributed by atoms with Crippen LogP contribution in [0.3, 0.4) is 0 Å². The third-order valence-electron chi connectivity index (χ3n) is 3.73. The minimum Gasteiger partial charge on any atom is -0.495 e. The maximum absolute atomic E-state index is 12.8. The van der Waals surface area contributed by atoms with E-state index in [9.17, 15) is 18.0 Å². The molecule has 0 radical (unpaired) electrons. The van der Waals surface area contributed by atoms with Crippen molar-refractivity contribution in [2.24, 2.45) is 0 Å². The molecule has 0 aliphatic carbocycles. The predicted octanol–water partition coefficient (Wildman–Crippen LogP) is 0.401. The molecule has 0 aromatic heterocycles. The lowest BCUT2D eigenvalue weighted by Gasteiger charge is -2.26. The Hall–Kier alpha value is -2.37. The van der Waals surface area contributed by atoms with Crippen LogP contribution in [0.4, 0.5) is 10.5 Å². The number of nitrogens with zero attached hydrogens (tertiary/aromatic N) is 1. The van der Waals surface area contributed by atoms with E-state index < -0.39 is 22.0 Å². The van der Waals surface area contributed by atoms with Gasteiger partial charge in [0, 0.05) is 13.1 Å². The smallest absolute Gasteiger partial charge is 0.325 e. The first kappa shape index (κ1) is 20.9. The summed E-state index contributed by atoms with van der Waals surface area (Å²) in [5, 5.41) is 4.82. The van der Waals surface area contributed by atoms with Gasteiger partial charge in [0.1, 0.15) is 12.3 Å². The number of ether oxygens (including phenoxy) is 3. The van der Waals surface area contributed by atoms with Crippen LogP contribution >= 0.6 is 0 Å². The van der Waals surface area contributed by atoms with Gasteiger partial charge in [0.15, 0.2) is 0 Å². The van der Waals surface area contributed by atoms with Crippen LogP contribution in [0.25, 0.3) is 0 Å². The number of benzene rings is 1. The second kappa shape index (κ2) is 9.53.